The van der Waals surface area contributed by atoms with Gasteiger partial charge in [-0.05, 0) is 120 Å². The van der Waals surface area contributed by atoms with E-state index in [2.05, 4.69) is 27.3 Å². The Bertz CT molecular complexity index is 1930. The van der Waals surface area contributed by atoms with Crippen LogP contribution in [0.3, 0.4) is 0 Å². The van der Waals surface area contributed by atoms with Crippen LogP contribution >= 0.6 is 0 Å². The van der Waals surface area contributed by atoms with Crippen molar-refractivity contribution in [2.75, 3.05) is 46.1 Å². The fourth-order valence-corrected chi connectivity index (χ4v) is 6.62. The van der Waals surface area contributed by atoms with Crippen molar-refractivity contribution in [3.05, 3.63) is 114 Å². The van der Waals surface area contributed by atoms with Gasteiger partial charge >= 0.3 is 5.97 Å². The molecule has 0 unspecified atom stereocenters. The maximum absolute atomic E-state index is 12.6. The number of benzene rings is 2. The highest BCUT2D eigenvalue weighted by Crippen LogP contribution is 2.37. The second-order valence-corrected chi connectivity index (χ2v) is 13.2. The molecule has 1 fully saturated rings. The van der Waals surface area contributed by atoms with E-state index < -0.39 is 0 Å². The third-order valence-electron chi connectivity index (χ3n) is 9.04. The summed E-state index contributed by atoms with van der Waals surface area (Å²) in [5, 5.41) is 3.17. The molecule has 3 aromatic heterocycles. The zero-order chi connectivity index (χ0) is 39.9. The van der Waals surface area contributed by atoms with Crippen LogP contribution in [0, 0.1) is 6.92 Å². The standard InChI is InChI=1S/C27H34N4O3.C17H21NO4/c1-4-33-24-15-21(16-25(34-5-2)26(24)31-10-6-7-11-31)19-30-12-8-23(9-13-30)29-27(32)22-14-20(3)17-28-18-22;1-4-20-14-11-13(17(19)22-6-3)12-15(21-5-2)16(14)18-9-7-8-10-18/h6-7,10-11,14-18,23H,4-5,8-9,12-13,19H2,1-3H3,(H,29,32);7-12H,4-6H2,1-3H3. The first kappa shape index (κ1) is 41.4. The van der Waals surface area contributed by atoms with Crippen LogP contribution in [-0.4, -0.2) is 83.1 Å². The van der Waals surface area contributed by atoms with Gasteiger partial charge in [0.2, 0.25) is 0 Å². The zero-order valence-corrected chi connectivity index (χ0v) is 33.5. The predicted molar refractivity (Wildman–Crippen MR) is 217 cm³/mol. The van der Waals surface area contributed by atoms with Gasteiger partial charge in [-0.25, -0.2) is 4.79 Å². The van der Waals surface area contributed by atoms with E-state index >= 15 is 0 Å². The van der Waals surface area contributed by atoms with Gasteiger partial charge in [-0.1, -0.05) is 0 Å². The summed E-state index contributed by atoms with van der Waals surface area (Å²) in [7, 11) is 0. The fraction of sp³-hybridized carbons (Fsp3) is 0.386. The van der Waals surface area contributed by atoms with E-state index in [9.17, 15) is 9.59 Å². The predicted octanol–water partition coefficient (Wildman–Crippen LogP) is 7.82. The number of nitrogens with one attached hydrogen (secondary N) is 1. The summed E-state index contributed by atoms with van der Waals surface area (Å²) in [5.74, 6) is 2.41. The molecular formula is C44H55N5O7. The highest BCUT2D eigenvalue weighted by atomic mass is 16.5. The number of piperidine rings is 1. The molecule has 1 amide bonds. The summed E-state index contributed by atoms with van der Waals surface area (Å²) in [5.41, 5.74) is 4.91. The maximum Gasteiger partial charge on any atom is 0.338 e. The average molecular weight is 766 g/mol. The lowest BCUT2D eigenvalue weighted by Crippen LogP contribution is -2.44. The third kappa shape index (κ3) is 10.9. The summed E-state index contributed by atoms with van der Waals surface area (Å²) in [6, 6.07) is 17.5. The first-order chi connectivity index (χ1) is 27.3. The Hall–Kier alpha value is -5.75. The van der Waals surface area contributed by atoms with Gasteiger partial charge in [0.25, 0.3) is 5.91 Å². The molecule has 1 aliphatic rings. The molecule has 12 nitrogen and oxygen atoms in total. The number of aromatic nitrogens is 3. The largest absolute Gasteiger partial charge is 0.492 e. The Balaban J connectivity index is 0.000000236. The van der Waals surface area contributed by atoms with Crippen LogP contribution in [0.15, 0.2) is 91.8 Å². The van der Waals surface area contributed by atoms with Gasteiger partial charge < -0.3 is 38.1 Å². The number of likely N-dealkylation sites (tertiary alicyclic amines) is 1. The van der Waals surface area contributed by atoms with Crippen molar-refractivity contribution < 1.29 is 33.3 Å². The van der Waals surface area contributed by atoms with E-state index in [1.807, 2.05) is 98.9 Å². The van der Waals surface area contributed by atoms with Crippen LogP contribution in [0.5, 0.6) is 23.0 Å². The van der Waals surface area contributed by atoms with Gasteiger partial charge in [0, 0.05) is 62.9 Å². The van der Waals surface area contributed by atoms with Crippen molar-refractivity contribution in [3.63, 3.8) is 0 Å². The molecule has 56 heavy (non-hydrogen) atoms. The van der Waals surface area contributed by atoms with Crippen molar-refractivity contribution in [3.8, 4) is 34.4 Å². The number of aryl methyl sites for hydroxylation is 1. The van der Waals surface area contributed by atoms with Gasteiger partial charge in [0.15, 0.2) is 0 Å². The molecule has 1 N–H and O–H groups in total. The number of pyridine rings is 1. The highest BCUT2D eigenvalue weighted by Gasteiger charge is 2.23. The van der Waals surface area contributed by atoms with Crippen LogP contribution in [-0.2, 0) is 11.3 Å². The van der Waals surface area contributed by atoms with E-state index in [4.69, 9.17) is 23.7 Å². The molecule has 0 aliphatic carbocycles. The smallest absolute Gasteiger partial charge is 0.338 e. The minimum Gasteiger partial charge on any atom is -0.492 e. The number of carbonyl (C=O) groups is 2. The number of esters is 1. The molecule has 4 heterocycles. The van der Waals surface area contributed by atoms with Crippen molar-refractivity contribution >= 4 is 11.9 Å². The van der Waals surface area contributed by atoms with Gasteiger partial charge in [-0.15, -0.1) is 0 Å². The first-order valence-electron chi connectivity index (χ1n) is 19.5. The molecule has 5 aromatic rings. The van der Waals surface area contributed by atoms with Crippen molar-refractivity contribution in [1.29, 1.82) is 0 Å². The molecule has 6 rings (SSSR count). The molecular weight excluding hydrogens is 711 g/mol. The molecule has 1 aliphatic heterocycles. The number of carbonyl (C=O) groups excluding carboxylic acids is 2. The normalized spacial score (nSPS) is 13.0. The Morgan fingerprint density at radius 2 is 1.14 bits per heavy atom. The van der Waals surface area contributed by atoms with Gasteiger partial charge in [0.05, 0.1) is 44.2 Å². The summed E-state index contributed by atoms with van der Waals surface area (Å²) in [6.07, 6.45) is 13.0. The minimum absolute atomic E-state index is 0.0436. The van der Waals surface area contributed by atoms with Crippen LogP contribution < -0.4 is 24.3 Å². The lowest BCUT2D eigenvalue weighted by molar-refractivity contribution is 0.0525. The molecule has 1 saturated heterocycles. The maximum atomic E-state index is 12.6. The Morgan fingerprint density at radius 3 is 1.59 bits per heavy atom. The Morgan fingerprint density at radius 1 is 0.661 bits per heavy atom. The number of rotatable bonds is 16. The summed E-state index contributed by atoms with van der Waals surface area (Å²) < 4.78 is 32.5. The number of hydrogen-bond donors (Lipinski definition) is 1. The number of ether oxygens (including phenoxy) is 5. The molecule has 0 spiro atoms. The molecule has 0 saturated carbocycles. The van der Waals surface area contributed by atoms with Crippen LogP contribution in [0.2, 0.25) is 0 Å². The lowest BCUT2D eigenvalue weighted by Gasteiger charge is -2.32. The van der Waals surface area contributed by atoms with Crippen LogP contribution in [0.25, 0.3) is 11.4 Å². The molecule has 298 valence electrons. The minimum atomic E-state index is -0.386. The van der Waals surface area contributed by atoms with Crippen molar-refractivity contribution in [2.45, 2.75) is 67.0 Å². The number of hydrogen-bond acceptors (Lipinski definition) is 9. The van der Waals surface area contributed by atoms with E-state index in [1.165, 1.54) is 0 Å². The monoisotopic (exact) mass is 765 g/mol. The Kier molecular flexibility index (Phi) is 15.4. The third-order valence-corrected chi connectivity index (χ3v) is 9.04. The summed E-state index contributed by atoms with van der Waals surface area (Å²) >= 11 is 0. The molecule has 0 atom stereocenters. The summed E-state index contributed by atoms with van der Waals surface area (Å²) in [6.45, 7) is 16.7. The van der Waals surface area contributed by atoms with E-state index in [0.29, 0.717) is 55.7 Å². The highest BCUT2D eigenvalue weighted by molar-refractivity contribution is 5.94. The molecule has 0 radical (unpaired) electrons. The Labute approximate surface area is 330 Å². The van der Waals surface area contributed by atoms with Crippen molar-refractivity contribution in [2.24, 2.45) is 0 Å². The van der Waals surface area contributed by atoms with E-state index in [0.717, 1.165) is 66.5 Å². The van der Waals surface area contributed by atoms with Crippen LogP contribution in [0.1, 0.15) is 79.3 Å². The quantitative estimate of drug-likeness (QED) is 0.100. The molecule has 2 aromatic carbocycles. The first-order valence-corrected chi connectivity index (χ1v) is 19.5. The van der Waals surface area contributed by atoms with E-state index in [1.54, 1.807) is 31.5 Å². The van der Waals surface area contributed by atoms with E-state index in [-0.39, 0.29) is 17.9 Å². The molecule has 0 bridgehead atoms. The number of amides is 1. The number of nitrogens with zero attached hydrogens (tertiary/aromatic N) is 4. The average Bonchev–Trinajstić information content (AvgIpc) is 3.92. The molecule has 12 heteroatoms. The second-order valence-electron chi connectivity index (χ2n) is 13.2. The second kappa shape index (κ2) is 20.8. The van der Waals surface area contributed by atoms with Gasteiger partial charge in [-0.2, -0.15) is 0 Å². The van der Waals surface area contributed by atoms with Gasteiger partial charge in [-0.3, -0.25) is 14.7 Å². The topological polar surface area (TPSA) is 118 Å². The van der Waals surface area contributed by atoms with Crippen molar-refractivity contribution in [1.82, 2.24) is 24.3 Å². The zero-order valence-electron chi connectivity index (χ0n) is 33.5. The van der Waals surface area contributed by atoms with Gasteiger partial charge in [0.1, 0.15) is 34.4 Å². The fourth-order valence-electron chi connectivity index (χ4n) is 6.62. The SMILES string of the molecule is CCOC(=O)c1cc(OCC)c(-n2cccc2)c(OCC)c1.CCOc1cc(CN2CCC(NC(=O)c3cncc(C)c3)CC2)cc(OCC)c1-n1cccc1. The summed E-state index contributed by atoms with van der Waals surface area (Å²) in [4.78, 5) is 31.1. The lowest BCUT2D eigenvalue weighted by atomic mass is 10.0. The van der Waals surface area contributed by atoms with Crippen LogP contribution in [0.4, 0.5) is 0 Å².